The van der Waals surface area contributed by atoms with E-state index >= 15 is 0 Å². The van der Waals surface area contributed by atoms with Crippen molar-refractivity contribution in [3.05, 3.63) is 43.0 Å². The van der Waals surface area contributed by atoms with Crippen LogP contribution < -0.4 is 0 Å². The molecule has 0 amide bonds. The van der Waals surface area contributed by atoms with Crippen LogP contribution in [0.1, 0.15) is 6.04 Å². The number of aromatic nitrogens is 2. The summed E-state index contributed by atoms with van der Waals surface area (Å²) >= 11 is 0. The third kappa shape index (κ3) is 1.69. The van der Waals surface area contributed by atoms with Gasteiger partial charge in [0, 0.05) is 12.4 Å². The normalized spacial score (nSPS) is 34.6. The molecule has 0 fully saturated rings. The lowest BCUT2D eigenvalue weighted by Gasteiger charge is -2.34. The standard InChI is InChI=1S/C11H14N2O3/c1-2-7-5-8(13-4-3-12-6-13)10(15)11(16)9(7)14/h2-6,8-11,14-16H,1H2/t8-,9+,10+,11+/m0/s1. The van der Waals surface area contributed by atoms with E-state index in [4.69, 9.17) is 0 Å². The molecule has 0 saturated heterocycles. The number of rotatable bonds is 2. The van der Waals surface area contributed by atoms with Crippen LogP contribution in [0.15, 0.2) is 43.0 Å². The number of hydrogen-bond donors (Lipinski definition) is 3. The van der Waals surface area contributed by atoms with E-state index in [1.54, 1.807) is 29.4 Å². The average molecular weight is 222 g/mol. The lowest BCUT2D eigenvalue weighted by molar-refractivity contribution is -0.0657. The average Bonchev–Trinajstić information content (AvgIpc) is 2.80. The summed E-state index contributed by atoms with van der Waals surface area (Å²) in [5.74, 6) is 0. The van der Waals surface area contributed by atoms with Gasteiger partial charge < -0.3 is 19.9 Å². The predicted molar refractivity (Wildman–Crippen MR) is 57.6 cm³/mol. The molecule has 0 unspecified atom stereocenters. The van der Waals surface area contributed by atoms with E-state index in [-0.39, 0.29) is 0 Å². The number of nitrogens with zero attached hydrogens (tertiary/aromatic N) is 2. The Kier molecular flexibility index (Phi) is 2.91. The first-order chi connectivity index (χ1) is 7.65. The van der Waals surface area contributed by atoms with Crippen LogP contribution in [-0.2, 0) is 0 Å². The molecule has 0 aromatic carbocycles. The van der Waals surface area contributed by atoms with Crippen LogP contribution in [0.2, 0.25) is 0 Å². The molecule has 1 aliphatic rings. The van der Waals surface area contributed by atoms with Crippen LogP contribution in [0.4, 0.5) is 0 Å². The monoisotopic (exact) mass is 222 g/mol. The maximum absolute atomic E-state index is 9.86. The van der Waals surface area contributed by atoms with Crippen molar-refractivity contribution in [1.29, 1.82) is 0 Å². The van der Waals surface area contributed by atoms with E-state index in [9.17, 15) is 15.3 Å². The molecule has 86 valence electrons. The van der Waals surface area contributed by atoms with Crippen molar-refractivity contribution in [2.24, 2.45) is 0 Å². The van der Waals surface area contributed by atoms with Crippen LogP contribution >= 0.6 is 0 Å². The molecule has 2 rings (SSSR count). The van der Waals surface area contributed by atoms with Crippen molar-refractivity contribution in [2.75, 3.05) is 0 Å². The second-order valence-corrected chi connectivity index (χ2v) is 3.80. The SMILES string of the molecule is C=CC1=C[C@H](n2ccnc2)[C@@H](O)[C@H](O)[C@@H]1O. The van der Waals surface area contributed by atoms with E-state index in [0.29, 0.717) is 5.57 Å². The van der Waals surface area contributed by atoms with Crippen LogP contribution in [0.3, 0.4) is 0 Å². The van der Waals surface area contributed by atoms with E-state index in [0.717, 1.165) is 0 Å². The van der Waals surface area contributed by atoms with E-state index in [1.807, 2.05) is 0 Å². The number of aliphatic hydroxyl groups is 3. The number of aliphatic hydroxyl groups excluding tert-OH is 3. The van der Waals surface area contributed by atoms with Crippen molar-refractivity contribution in [1.82, 2.24) is 9.55 Å². The molecule has 5 nitrogen and oxygen atoms in total. The van der Waals surface area contributed by atoms with Gasteiger partial charge >= 0.3 is 0 Å². The van der Waals surface area contributed by atoms with Crippen molar-refractivity contribution < 1.29 is 15.3 Å². The maximum atomic E-state index is 9.86. The highest BCUT2D eigenvalue weighted by Crippen LogP contribution is 2.28. The summed E-state index contributed by atoms with van der Waals surface area (Å²) in [7, 11) is 0. The Balaban J connectivity index is 2.38. The van der Waals surface area contributed by atoms with Crippen molar-refractivity contribution in [2.45, 2.75) is 24.4 Å². The van der Waals surface area contributed by atoms with Crippen LogP contribution in [0, 0.1) is 0 Å². The van der Waals surface area contributed by atoms with Gasteiger partial charge in [-0.25, -0.2) is 4.98 Å². The fourth-order valence-electron chi connectivity index (χ4n) is 1.88. The van der Waals surface area contributed by atoms with Crippen molar-refractivity contribution in [3.8, 4) is 0 Å². The molecule has 5 heteroatoms. The fourth-order valence-corrected chi connectivity index (χ4v) is 1.88. The lowest BCUT2D eigenvalue weighted by Crippen LogP contribution is -2.46. The first-order valence-corrected chi connectivity index (χ1v) is 5.01. The minimum Gasteiger partial charge on any atom is -0.388 e. The summed E-state index contributed by atoms with van der Waals surface area (Å²) in [6, 6.07) is -0.436. The van der Waals surface area contributed by atoms with Gasteiger partial charge in [-0.05, 0) is 5.57 Å². The zero-order valence-corrected chi connectivity index (χ0v) is 8.64. The van der Waals surface area contributed by atoms with Gasteiger partial charge in [0.15, 0.2) is 0 Å². The highest BCUT2D eigenvalue weighted by molar-refractivity contribution is 5.28. The highest BCUT2D eigenvalue weighted by atomic mass is 16.4. The van der Waals surface area contributed by atoms with E-state index < -0.39 is 24.4 Å². The van der Waals surface area contributed by atoms with Crippen molar-refractivity contribution >= 4 is 0 Å². The second kappa shape index (κ2) is 4.21. The molecule has 0 aliphatic heterocycles. The molecule has 4 atom stereocenters. The molecule has 0 bridgehead atoms. The second-order valence-electron chi connectivity index (χ2n) is 3.80. The maximum Gasteiger partial charge on any atom is 0.112 e. The first kappa shape index (κ1) is 11.1. The van der Waals surface area contributed by atoms with Crippen LogP contribution in [-0.4, -0.2) is 43.2 Å². The molecule has 16 heavy (non-hydrogen) atoms. The Bertz CT molecular complexity index is 399. The molecule has 0 radical (unpaired) electrons. The Morgan fingerprint density at radius 2 is 2.06 bits per heavy atom. The van der Waals surface area contributed by atoms with Crippen molar-refractivity contribution in [3.63, 3.8) is 0 Å². The van der Waals surface area contributed by atoms with Gasteiger partial charge in [0.2, 0.25) is 0 Å². The fraction of sp³-hybridized carbons (Fsp3) is 0.364. The Morgan fingerprint density at radius 3 is 2.62 bits per heavy atom. The predicted octanol–water partition coefficient (Wildman–Crippen LogP) is -0.367. The summed E-state index contributed by atoms with van der Waals surface area (Å²) in [6.45, 7) is 3.56. The smallest absolute Gasteiger partial charge is 0.112 e. The van der Waals surface area contributed by atoms with Gasteiger partial charge in [-0.3, -0.25) is 0 Å². The Morgan fingerprint density at radius 1 is 1.31 bits per heavy atom. The summed E-state index contributed by atoms with van der Waals surface area (Å²) in [6.07, 6.45) is 4.61. The third-order valence-electron chi connectivity index (χ3n) is 2.83. The molecule has 1 aliphatic carbocycles. The lowest BCUT2D eigenvalue weighted by atomic mass is 9.88. The zero-order chi connectivity index (χ0) is 11.7. The topological polar surface area (TPSA) is 78.5 Å². The molecule has 1 aromatic rings. The molecule has 3 N–H and O–H groups in total. The van der Waals surface area contributed by atoms with E-state index in [2.05, 4.69) is 11.6 Å². The van der Waals surface area contributed by atoms with Crippen LogP contribution in [0.25, 0.3) is 0 Å². The molecular weight excluding hydrogens is 208 g/mol. The van der Waals surface area contributed by atoms with E-state index in [1.165, 1.54) is 6.08 Å². The van der Waals surface area contributed by atoms with Gasteiger partial charge in [0.1, 0.15) is 18.3 Å². The quantitative estimate of drug-likeness (QED) is 0.638. The molecule has 0 saturated carbocycles. The molecule has 0 spiro atoms. The van der Waals surface area contributed by atoms with Gasteiger partial charge in [-0.1, -0.05) is 18.7 Å². The summed E-state index contributed by atoms with van der Waals surface area (Å²) in [5, 5.41) is 29.2. The summed E-state index contributed by atoms with van der Waals surface area (Å²) in [5.41, 5.74) is 0.511. The zero-order valence-electron chi connectivity index (χ0n) is 8.64. The first-order valence-electron chi connectivity index (χ1n) is 5.01. The number of imidazole rings is 1. The highest BCUT2D eigenvalue weighted by Gasteiger charge is 2.36. The number of hydrogen-bond acceptors (Lipinski definition) is 4. The molecule has 1 heterocycles. The minimum absolute atomic E-state index is 0.436. The summed E-state index contributed by atoms with van der Waals surface area (Å²) < 4.78 is 1.67. The third-order valence-corrected chi connectivity index (χ3v) is 2.83. The Labute approximate surface area is 93.0 Å². The summed E-state index contributed by atoms with van der Waals surface area (Å²) in [4.78, 5) is 3.88. The van der Waals surface area contributed by atoms with Gasteiger partial charge in [-0.15, -0.1) is 0 Å². The minimum atomic E-state index is -1.22. The van der Waals surface area contributed by atoms with Crippen LogP contribution in [0.5, 0.6) is 0 Å². The largest absolute Gasteiger partial charge is 0.388 e. The Hall–Kier alpha value is -1.43. The molecule has 1 aromatic heterocycles. The van der Waals surface area contributed by atoms with Gasteiger partial charge in [0.25, 0.3) is 0 Å². The van der Waals surface area contributed by atoms with Gasteiger partial charge in [-0.2, -0.15) is 0 Å². The molecular formula is C11H14N2O3. The van der Waals surface area contributed by atoms with Gasteiger partial charge in [0.05, 0.1) is 12.4 Å².